The first kappa shape index (κ1) is 18.9. The second-order valence-corrected chi connectivity index (χ2v) is 11.5. The number of nitrogens with zero attached hydrogens (tertiary/aromatic N) is 2. The maximum Gasteiger partial charge on any atom is 0.114 e. The van der Waals surface area contributed by atoms with Crippen molar-refractivity contribution < 1.29 is 13.7 Å². The average molecular weight is 611 g/mol. The molecule has 1 aromatic heterocycles. The minimum Gasteiger partial charge on any atom is -0.296 e. The minimum absolute atomic E-state index is 0.113. The highest BCUT2D eigenvalue weighted by atomic mass is 15.1. The summed E-state index contributed by atoms with van der Waals surface area (Å²) in [5.74, 6) is -0.228. The number of benzene rings is 8. The van der Waals surface area contributed by atoms with Crippen LogP contribution in [-0.4, -0.2) is 9.55 Å². The third kappa shape index (κ3) is 4.37. The molecule has 2 nitrogen and oxygen atoms in total. The molecule has 0 aliphatic rings. The van der Waals surface area contributed by atoms with E-state index in [1.54, 1.807) is 22.8 Å². The maximum absolute atomic E-state index is 9.07. The van der Waals surface area contributed by atoms with Gasteiger partial charge in [0, 0.05) is 18.6 Å². The molecule has 0 N–H and O–H groups in total. The van der Waals surface area contributed by atoms with Gasteiger partial charge in [0.1, 0.15) is 5.82 Å². The number of hydrogen-bond donors (Lipinski definition) is 0. The number of imidazole rings is 1. The molecule has 47 heavy (non-hydrogen) atoms. The van der Waals surface area contributed by atoms with Crippen molar-refractivity contribution in [2.24, 2.45) is 0 Å². The molecule has 222 valence electrons. The third-order valence-corrected chi connectivity index (χ3v) is 8.97. The Labute approximate surface area is 288 Å². The molecule has 0 unspecified atom stereocenters. The average Bonchev–Trinajstić information content (AvgIpc) is 3.62. The summed E-state index contributed by atoms with van der Waals surface area (Å²) in [5.41, 5.74) is 5.75. The summed E-state index contributed by atoms with van der Waals surface area (Å²) in [7, 11) is 0. The fraction of sp³-hybridized carbons (Fsp3) is 0.0444. The fourth-order valence-electron chi connectivity index (χ4n) is 6.97. The van der Waals surface area contributed by atoms with Crippen molar-refractivity contribution >= 4 is 43.4 Å². The zero-order valence-electron chi connectivity index (χ0n) is 35.1. The zero-order valence-corrected chi connectivity index (χ0v) is 25.1. The summed E-state index contributed by atoms with van der Waals surface area (Å²) in [6.07, 6.45) is -2.78. The Morgan fingerprint density at radius 3 is 2.06 bits per heavy atom. The molecule has 0 atom stereocenters. The Hall–Kier alpha value is -5.99. The molecular weight excluding hydrogens is 569 g/mol. The Balaban J connectivity index is 1.41. The summed E-state index contributed by atoms with van der Waals surface area (Å²) in [4.78, 5) is 4.56. The quantitative estimate of drug-likeness (QED) is 0.177. The number of aryl methyl sites for hydroxylation is 1. The third-order valence-electron chi connectivity index (χ3n) is 8.97. The van der Waals surface area contributed by atoms with Crippen molar-refractivity contribution in [1.82, 2.24) is 9.55 Å². The van der Waals surface area contributed by atoms with Crippen molar-refractivity contribution in [3.63, 3.8) is 0 Å². The largest absolute Gasteiger partial charge is 0.296 e. The lowest BCUT2D eigenvalue weighted by molar-refractivity contribution is 0.913. The highest BCUT2D eigenvalue weighted by molar-refractivity contribution is 6.24. The topological polar surface area (TPSA) is 17.8 Å². The normalized spacial score (nSPS) is 15.2. The Bertz CT molecular complexity index is 3070. The first-order chi connectivity index (χ1) is 27.3. The first-order valence-corrected chi connectivity index (χ1v) is 15.4. The van der Waals surface area contributed by atoms with Gasteiger partial charge in [0.25, 0.3) is 0 Å². The van der Waals surface area contributed by atoms with Gasteiger partial charge in [-0.2, -0.15) is 0 Å². The molecule has 0 spiro atoms. The summed E-state index contributed by atoms with van der Waals surface area (Å²) in [6, 6.07) is 40.4. The van der Waals surface area contributed by atoms with Crippen LogP contribution in [0, 0.1) is 0 Å². The number of aromatic nitrogens is 2. The van der Waals surface area contributed by atoms with E-state index >= 15 is 0 Å². The molecule has 1 heterocycles. The lowest BCUT2D eigenvalue weighted by Gasteiger charge is -2.21. The Kier molecular flexibility index (Phi) is 4.46. The van der Waals surface area contributed by atoms with Gasteiger partial charge in [-0.25, -0.2) is 4.98 Å². The second kappa shape index (κ2) is 11.1. The predicted octanol–water partition coefficient (Wildman–Crippen LogP) is 12.0. The van der Waals surface area contributed by atoms with Crippen LogP contribution >= 0.6 is 0 Å². The van der Waals surface area contributed by atoms with Crippen LogP contribution in [0.5, 0.6) is 0 Å². The summed E-state index contributed by atoms with van der Waals surface area (Å²) in [5, 5.41) is 4.53. The maximum atomic E-state index is 9.07. The van der Waals surface area contributed by atoms with Gasteiger partial charge in [0.2, 0.25) is 0 Å². The van der Waals surface area contributed by atoms with Gasteiger partial charge in [-0.15, -0.1) is 0 Å². The molecule has 0 saturated heterocycles. The smallest absolute Gasteiger partial charge is 0.114 e. The molecule has 0 bridgehead atoms. The van der Waals surface area contributed by atoms with E-state index in [1.165, 1.54) is 0 Å². The van der Waals surface area contributed by atoms with Crippen LogP contribution in [0.1, 0.15) is 26.4 Å². The molecule has 8 aromatic carbocycles. The second-order valence-electron chi connectivity index (χ2n) is 11.5. The molecule has 0 radical (unpaired) electrons. The van der Waals surface area contributed by atoms with E-state index in [0.29, 0.717) is 33.1 Å². The van der Waals surface area contributed by atoms with Crippen molar-refractivity contribution in [1.29, 1.82) is 0 Å². The Morgan fingerprint density at radius 1 is 0.574 bits per heavy atom. The predicted molar refractivity (Wildman–Crippen MR) is 199 cm³/mol. The molecule has 0 fully saturated rings. The molecule has 0 saturated carbocycles. The van der Waals surface area contributed by atoms with Crippen LogP contribution in [0.2, 0.25) is 0 Å². The van der Waals surface area contributed by atoms with Gasteiger partial charge >= 0.3 is 0 Å². The molecule has 0 amide bonds. The van der Waals surface area contributed by atoms with Gasteiger partial charge in [-0.05, 0) is 84.6 Å². The Morgan fingerprint density at radius 2 is 1.26 bits per heavy atom. The van der Waals surface area contributed by atoms with Crippen molar-refractivity contribution in [2.45, 2.75) is 13.2 Å². The van der Waals surface area contributed by atoms with E-state index in [2.05, 4.69) is 4.98 Å². The van der Waals surface area contributed by atoms with Crippen molar-refractivity contribution in [3.05, 3.63) is 169 Å². The number of para-hydroxylation sites is 2. The molecule has 0 aliphatic carbocycles. The van der Waals surface area contributed by atoms with Gasteiger partial charge < -0.3 is 0 Å². The minimum atomic E-state index is -3.00. The molecule has 0 aliphatic heterocycles. The number of hydrogen-bond acceptors (Lipinski definition) is 1. The lowest BCUT2D eigenvalue weighted by Crippen LogP contribution is -2.01. The van der Waals surface area contributed by atoms with Gasteiger partial charge in [-0.1, -0.05) is 146 Å². The van der Waals surface area contributed by atoms with Crippen molar-refractivity contribution in [2.75, 3.05) is 0 Å². The standard InChI is InChI=1S/C45H32N2/c1-2-43-46-40-23-13-14-24-42(40)47(43)41-28-27-37(33-19-9-10-20-34(33)41)45-36-22-12-11-21-35(36)44(31-17-7-4-8-18-31)39-29-32(25-26-38(39)45)30-15-5-3-6-16-30/h3-29H,2H2,1H3/i1D3,2D2,4D,7D,8D,17D,18D. The van der Waals surface area contributed by atoms with Gasteiger partial charge in [-0.3, -0.25) is 4.57 Å². The van der Waals surface area contributed by atoms with E-state index in [1.807, 2.05) is 115 Å². The summed E-state index contributed by atoms with van der Waals surface area (Å²) in [6.45, 7) is -3.00. The van der Waals surface area contributed by atoms with Crippen LogP contribution in [0.15, 0.2) is 164 Å². The number of fused-ring (bicyclic) bond motifs is 4. The van der Waals surface area contributed by atoms with Crippen LogP contribution in [-0.2, 0) is 6.37 Å². The van der Waals surface area contributed by atoms with Crippen LogP contribution in [0.4, 0.5) is 0 Å². The summed E-state index contributed by atoms with van der Waals surface area (Å²) < 4.78 is 87.3. The van der Waals surface area contributed by atoms with Gasteiger partial charge in [0.05, 0.1) is 23.6 Å². The first-order valence-electron chi connectivity index (χ1n) is 20.4. The molecule has 9 rings (SSSR count). The monoisotopic (exact) mass is 610 g/mol. The summed E-state index contributed by atoms with van der Waals surface area (Å²) >= 11 is 0. The SMILES string of the molecule is [2H]c1c([2H])c([2H])c(-c2c3ccccc3c(-c3ccc(-n4c(C([2H])([2H])C([2H])([2H])[2H])nc5ccccc54)c4ccccc34)c3ccc(-c4ccccc4)cc23)c([2H])c1[2H]. The highest BCUT2D eigenvalue weighted by Gasteiger charge is 2.21. The molecule has 2 heteroatoms. The van der Waals surface area contributed by atoms with Crippen molar-refractivity contribution in [3.8, 4) is 39.1 Å². The van der Waals surface area contributed by atoms with E-state index in [0.717, 1.165) is 43.8 Å². The van der Waals surface area contributed by atoms with E-state index in [-0.39, 0.29) is 23.5 Å². The zero-order chi connectivity index (χ0) is 40.0. The lowest BCUT2D eigenvalue weighted by atomic mass is 9.83. The van der Waals surface area contributed by atoms with Crippen LogP contribution in [0.25, 0.3) is 82.4 Å². The van der Waals surface area contributed by atoms with Crippen LogP contribution in [0.3, 0.4) is 0 Å². The fourth-order valence-corrected chi connectivity index (χ4v) is 6.97. The van der Waals surface area contributed by atoms with Gasteiger partial charge in [0.15, 0.2) is 0 Å². The molecule has 9 aromatic rings. The highest BCUT2D eigenvalue weighted by Crippen LogP contribution is 2.47. The van der Waals surface area contributed by atoms with E-state index in [9.17, 15) is 0 Å². The number of rotatable bonds is 5. The van der Waals surface area contributed by atoms with E-state index in [4.69, 9.17) is 13.7 Å². The molecular formula is C45H32N2. The van der Waals surface area contributed by atoms with E-state index < -0.39 is 31.4 Å². The van der Waals surface area contributed by atoms with Crippen LogP contribution < -0.4 is 0 Å².